The summed E-state index contributed by atoms with van der Waals surface area (Å²) in [4.78, 5) is 0. The summed E-state index contributed by atoms with van der Waals surface area (Å²) < 4.78 is 25.2. The van der Waals surface area contributed by atoms with Gasteiger partial charge in [0.15, 0.2) is 6.10 Å². The summed E-state index contributed by atoms with van der Waals surface area (Å²) in [5, 5.41) is 8.52. The average Bonchev–Trinajstić information content (AvgIpc) is 3.06. The van der Waals surface area contributed by atoms with Crippen LogP contribution in [-0.2, 0) is 5.75 Å². The molecule has 0 aliphatic rings. The molecule has 0 saturated carbocycles. The van der Waals surface area contributed by atoms with E-state index in [0.29, 0.717) is 16.9 Å². The van der Waals surface area contributed by atoms with Gasteiger partial charge in [-0.2, -0.15) is 0 Å². The molecule has 0 radical (unpaired) electrons. The predicted octanol–water partition coefficient (Wildman–Crippen LogP) is 5.40. The monoisotopic (exact) mass is 408 g/mol. The van der Waals surface area contributed by atoms with Crippen LogP contribution in [0.25, 0.3) is 0 Å². The number of halogens is 2. The molecule has 0 aliphatic heterocycles. The van der Waals surface area contributed by atoms with Gasteiger partial charge < -0.3 is 9.15 Å². The molecule has 7 heteroatoms. The van der Waals surface area contributed by atoms with Crippen molar-refractivity contribution in [2.45, 2.75) is 24.0 Å². The third-order valence-electron chi connectivity index (χ3n) is 3.17. The smallest absolute Gasteiger partial charge is 0.277 e. The zero-order chi connectivity index (χ0) is 16.9. The number of nitrogens with zero attached hydrogens (tertiary/aromatic N) is 2. The number of hydrogen-bond donors (Lipinski definition) is 0. The van der Waals surface area contributed by atoms with Crippen molar-refractivity contribution < 1.29 is 13.5 Å². The first-order valence-corrected chi connectivity index (χ1v) is 9.01. The number of benzene rings is 2. The van der Waals surface area contributed by atoms with Crippen LogP contribution in [0, 0.1) is 5.82 Å². The molecule has 124 valence electrons. The highest BCUT2D eigenvalue weighted by Gasteiger charge is 2.16. The van der Waals surface area contributed by atoms with Gasteiger partial charge in [0.05, 0.1) is 0 Å². The Balaban J connectivity index is 1.58. The fourth-order valence-electron chi connectivity index (χ4n) is 1.94. The minimum atomic E-state index is -0.412. The van der Waals surface area contributed by atoms with Crippen LogP contribution >= 0.6 is 27.7 Å². The van der Waals surface area contributed by atoms with Gasteiger partial charge in [0.2, 0.25) is 0 Å². The Bertz CT molecular complexity index is 793. The lowest BCUT2D eigenvalue weighted by molar-refractivity contribution is 0.181. The van der Waals surface area contributed by atoms with E-state index in [2.05, 4.69) is 26.1 Å². The summed E-state index contributed by atoms with van der Waals surface area (Å²) in [6, 6.07) is 13.9. The lowest BCUT2D eigenvalue weighted by Gasteiger charge is -2.10. The molecule has 0 bridgehead atoms. The van der Waals surface area contributed by atoms with E-state index in [-0.39, 0.29) is 5.82 Å². The van der Waals surface area contributed by atoms with Crippen molar-refractivity contribution in [3.63, 3.8) is 0 Å². The molecule has 0 saturated heterocycles. The van der Waals surface area contributed by atoms with Crippen molar-refractivity contribution in [3.05, 3.63) is 70.3 Å². The van der Waals surface area contributed by atoms with E-state index < -0.39 is 6.10 Å². The molecule has 4 nitrogen and oxygen atoms in total. The maximum Gasteiger partial charge on any atom is 0.277 e. The summed E-state index contributed by atoms with van der Waals surface area (Å²) in [7, 11) is 0. The summed E-state index contributed by atoms with van der Waals surface area (Å²) >= 11 is 4.87. The normalized spacial score (nSPS) is 12.1. The summed E-state index contributed by atoms with van der Waals surface area (Å²) in [6.07, 6.45) is -0.412. The minimum Gasteiger partial charge on any atom is -0.481 e. The Kier molecular flexibility index (Phi) is 5.52. The number of hydrogen-bond acceptors (Lipinski definition) is 5. The zero-order valence-corrected chi connectivity index (χ0v) is 15.2. The standard InChI is InChI=1S/C17H14BrFN2O2S/c1-11(22-15-8-6-14(19)7-9-15)16-20-21-17(23-16)24-10-12-2-4-13(18)5-3-12/h2-9,11H,10H2,1H3/t11-/m0/s1. The molecule has 0 spiro atoms. The molecule has 1 aromatic heterocycles. The molecule has 3 rings (SSSR count). The van der Waals surface area contributed by atoms with Gasteiger partial charge in [-0.25, -0.2) is 4.39 Å². The van der Waals surface area contributed by atoms with E-state index in [4.69, 9.17) is 9.15 Å². The number of ether oxygens (including phenoxy) is 1. The Morgan fingerprint density at radius 3 is 2.54 bits per heavy atom. The summed E-state index contributed by atoms with van der Waals surface area (Å²) in [6.45, 7) is 1.81. The first-order chi connectivity index (χ1) is 11.6. The van der Waals surface area contributed by atoms with Crippen LogP contribution < -0.4 is 4.74 Å². The number of thioether (sulfide) groups is 1. The fourth-order valence-corrected chi connectivity index (χ4v) is 2.93. The third-order valence-corrected chi connectivity index (χ3v) is 4.59. The van der Waals surface area contributed by atoms with Crippen LogP contribution in [0.15, 0.2) is 62.6 Å². The Morgan fingerprint density at radius 2 is 1.83 bits per heavy atom. The number of aromatic nitrogens is 2. The SMILES string of the molecule is C[C@H](Oc1ccc(F)cc1)c1nnc(SCc2ccc(Br)cc2)o1. The largest absolute Gasteiger partial charge is 0.481 e. The van der Waals surface area contributed by atoms with E-state index >= 15 is 0 Å². The van der Waals surface area contributed by atoms with Crippen LogP contribution in [0.4, 0.5) is 4.39 Å². The first-order valence-electron chi connectivity index (χ1n) is 7.23. The fraction of sp³-hybridized carbons (Fsp3) is 0.176. The average molecular weight is 409 g/mol. The molecule has 3 aromatic rings. The molecular formula is C17H14BrFN2O2S. The van der Waals surface area contributed by atoms with E-state index in [1.165, 1.54) is 29.5 Å². The van der Waals surface area contributed by atoms with E-state index in [0.717, 1.165) is 10.2 Å². The molecule has 1 atom stereocenters. The van der Waals surface area contributed by atoms with Crippen molar-refractivity contribution in [1.29, 1.82) is 0 Å². The lowest BCUT2D eigenvalue weighted by atomic mass is 10.2. The second-order valence-electron chi connectivity index (χ2n) is 5.04. The molecule has 0 aliphatic carbocycles. The molecule has 24 heavy (non-hydrogen) atoms. The number of rotatable bonds is 6. The zero-order valence-electron chi connectivity index (χ0n) is 12.8. The predicted molar refractivity (Wildman–Crippen MR) is 93.4 cm³/mol. The van der Waals surface area contributed by atoms with Gasteiger partial charge in [0.25, 0.3) is 11.1 Å². The highest BCUT2D eigenvalue weighted by Crippen LogP contribution is 2.26. The molecular weight excluding hydrogens is 395 g/mol. The van der Waals surface area contributed by atoms with Gasteiger partial charge in [-0.15, -0.1) is 10.2 Å². The van der Waals surface area contributed by atoms with Crippen LogP contribution in [0.5, 0.6) is 5.75 Å². The molecule has 2 aromatic carbocycles. The van der Waals surface area contributed by atoms with Gasteiger partial charge in [-0.3, -0.25) is 0 Å². The van der Waals surface area contributed by atoms with Gasteiger partial charge in [0, 0.05) is 10.2 Å². The Labute approximate surface area is 151 Å². The van der Waals surface area contributed by atoms with Crippen LogP contribution in [0.3, 0.4) is 0 Å². The molecule has 1 heterocycles. The van der Waals surface area contributed by atoms with Crippen LogP contribution in [-0.4, -0.2) is 10.2 Å². The molecule has 0 N–H and O–H groups in total. The van der Waals surface area contributed by atoms with Gasteiger partial charge >= 0.3 is 0 Å². The van der Waals surface area contributed by atoms with Gasteiger partial charge in [-0.1, -0.05) is 39.8 Å². The highest BCUT2D eigenvalue weighted by molar-refractivity contribution is 9.10. The second kappa shape index (κ2) is 7.81. The topological polar surface area (TPSA) is 48.2 Å². The van der Waals surface area contributed by atoms with Crippen molar-refractivity contribution in [3.8, 4) is 5.75 Å². The second-order valence-corrected chi connectivity index (χ2v) is 6.88. The molecule has 0 unspecified atom stereocenters. The quantitative estimate of drug-likeness (QED) is 0.510. The van der Waals surface area contributed by atoms with Crippen LogP contribution in [0.1, 0.15) is 24.5 Å². The molecule has 0 fully saturated rings. The van der Waals surface area contributed by atoms with Crippen molar-refractivity contribution in [2.24, 2.45) is 0 Å². The third kappa shape index (κ3) is 4.58. The maximum absolute atomic E-state index is 12.9. The van der Waals surface area contributed by atoms with Crippen molar-refractivity contribution in [2.75, 3.05) is 0 Å². The van der Waals surface area contributed by atoms with Crippen LogP contribution in [0.2, 0.25) is 0 Å². The molecule has 0 amide bonds. The van der Waals surface area contributed by atoms with Crippen molar-refractivity contribution >= 4 is 27.7 Å². The Morgan fingerprint density at radius 1 is 1.12 bits per heavy atom. The highest BCUT2D eigenvalue weighted by atomic mass is 79.9. The Hall–Kier alpha value is -1.86. The van der Waals surface area contributed by atoms with E-state index in [1.54, 1.807) is 19.1 Å². The summed E-state index contributed by atoms with van der Waals surface area (Å²) in [5.41, 5.74) is 1.17. The lowest BCUT2D eigenvalue weighted by Crippen LogP contribution is -2.03. The van der Waals surface area contributed by atoms with Gasteiger partial charge in [0.1, 0.15) is 11.6 Å². The van der Waals surface area contributed by atoms with E-state index in [1.807, 2.05) is 24.3 Å². The van der Waals surface area contributed by atoms with Crippen molar-refractivity contribution in [1.82, 2.24) is 10.2 Å². The van der Waals surface area contributed by atoms with E-state index in [9.17, 15) is 4.39 Å². The summed E-state index contributed by atoms with van der Waals surface area (Å²) in [5.74, 6) is 1.37. The first kappa shape index (κ1) is 17.0. The maximum atomic E-state index is 12.9. The van der Waals surface area contributed by atoms with Gasteiger partial charge in [-0.05, 0) is 48.9 Å². The minimum absolute atomic E-state index is 0.306.